The number of hydrogen-bond acceptors (Lipinski definition) is 3. The van der Waals surface area contributed by atoms with E-state index in [-0.39, 0.29) is 12.0 Å². The number of hydroxylamine groups is 1. The van der Waals surface area contributed by atoms with Gasteiger partial charge in [0.15, 0.2) is 6.10 Å². The SMILES string of the molecule is CCC(OC(c1ccccc1)C(F)(F)F)C(=O)NO. The Morgan fingerprint density at radius 2 is 1.95 bits per heavy atom. The fraction of sp³-hybridized carbons (Fsp3) is 0.417. The van der Waals surface area contributed by atoms with Crippen LogP contribution < -0.4 is 5.48 Å². The molecule has 4 nitrogen and oxygen atoms in total. The maximum absolute atomic E-state index is 13.0. The van der Waals surface area contributed by atoms with Gasteiger partial charge in [-0.05, 0) is 12.0 Å². The number of hydrogen-bond donors (Lipinski definition) is 2. The summed E-state index contributed by atoms with van der Waals surface area (Å²) < 4.78 is 43.7. The van der Waals surface area contributed by atoms with E-state index in [2.05, 4.69) is 0 Å². The molecule has 1 aromatic rings. The molecule has 0 spiro atoms. The number of carbonyl (C=O) groups is 1. The molecule has 19 heavy (non-hydrogen) atoms. The van der Waals surface area contributed by atoms with Crippen LogP contribution in [0.2, 0.25) is 0 Å². The first-order chi connectivity index (χ1) is 8.90. The van der Waals surface area contributed by atoms with E-state index in [1.165, 1.54) is 36.7 Å². The van der Waals surface area contributed by atoms with Crippen molar-refractivity contribution >= 4 is 5.91 Å². The average molecular weight is 277 g/mol. The summed E-state index contributed by atoms with van der Waals surface area (Å²) in [4.78, 5) is 11.2. The van der Waals surface area contributed by atoms with Crippen LogP contribution in [0.5, 0.6) is 0 Å². The van der Waals surface area contributed by atoms with Crippen molar-refractivity contribution < 1.29 is 27.9 Å². The maximum Gasteiger partial charge on any atom is 0.418 e. The highest BCUT2D eigenvalue weighted by atomic mass is 19.4. The molecule has 0 aromatic heterocycles. The maximum atomic E-state index is 13.0. The minimum Gasteiger partial charge on any atom is -0.351 e. The lowest BCUT2D eigenvalue weighted by molar-refractivity contribution is -0.236. The second kappa shape index (κ2) is 6.53. The Kier molecular flexibility index (Phi) is 5.31. The van der Waals surface area contributed by atoms with Crippen LogP contribution in [-0.2, 0) is 9.53 Å². The molecule has 0 aliphatic carbocycles. The molecule has 2 atom stereocenters. The van der Waals surface area contributed by atoms with Crippen molar-refractivity contribution in [1.82, 2.24) is 5.48 Å². The number of halogens is 3. The number of benzene rings is 1. The Labute approximate surface area is 108 Å². The molecule has 2 N–H and O–H groups in total. The molecular formula is C12H14F3NO3. The van der Waals surface area contributed by atoms with Crippen LogP contribution in [0.25, 0.3) is 0 Å². The molecule has 0 saturated heterocycles. The van der Waals surface area contributed by atoms with Crippen molar-refractivity contribution in [1.29, 1.82) is 0 Å². The average Bonchev–Trinajstić information content (AvgIpc) is 2.38. The number of ether oxygens (including phenoxy) is 1. The molecule has 0 aliphatic heterocycles. The lowest BCUT2D eigenvalue weighted by Gasteiger charge is -2.25. The molecule has 0 aliphatic rings. The van der Waals surface area contributed by atoms with Crippen LogP contribution in [0.15, 0.2) is 30.3 Å². The van der Waals surface area contributed by atoms with E-state index in [1.807, 2.05) is 0 Å². The molecule has 2 unspecified atom stereocenters. The first-order valence-corrected chi connectivity index (χ1v) is 5.61. The second-order valence-electron chi connectivity index (χ2n) is 3.84. The Balaban J connectivity index is 2.97. The lowest BCUT2D eigenvalue weighted by Crippen LogP contribution is -2.38. The van der Waals surface area contributed by atoms with Crippen LogP contribution in [0.3, 0.4) is 0 Å². The van der Waals surface area contributed by atoms with Gasteiger partial charge in [-0.2, -0.15) is 13.2 Å². The van der Waals surface area contributed by atoms with Gasteiger partial charge in [-0.3, -0.25) is 10.0 Å². The third kappa shape index (κ3) is 4.22. The van der Waals surface area contributed by atoms with Crippen LogP contribution in [0.1, 0.15) is 25.0 Å². The molecule has 1 rings (SSSR count). The highest BCUT2D eigenvalue weighted by Crippen LogP contribution is 2.36. The zero-order valence-corrected chi connectivity index (χ0v) is 10.1. The number of rotatable bonds is 5. The van der Waals surface area contributed by atoms with E-state index >= 15 is 0 Å². The van der Waals surface area contributed by atoms with E-state index in [4.69, 9.17) is 9.94 Å². The summed E-state index contributed by atoms with van der Waals surface area (Å²) in [6.45, 7) is 1.48. The third-order valence-electron chi connectivity index (χ3n) is 2.47. The van der Waals surface area contributed by atoms with Crippen molar-refractivity contribution in [3.63, 3.8) is 0 Å². The molecule has 0 fully saturated rings. The van der Waals surface area contributed by atoms with Gasteiger partial charge in [0, 0.05) is 0 Å². The van der Waals surface area contributed by atoms with Gasteiger partial charge in [0.1, 0.15) is 6.10 Å². The van der Waals surface area contributed by atoms with Gasteiger partial charge in [-0.15, -0.1) is 0 Å². The molecule has 106 valence electrons. The molecule has 0 saturated carbocycles. The molecule has 0 radical (unpaired) electrons. The first-order valence-electron chi connectivity index (χ1n) is 5.61. The molecule has 1 aromatic carbocycles. The van der Waals surface area contributed by atoms with E-state index in [9.17, 15) is 18.0 Å². The van der Waals surface area contributed by atoms with E-state index in [0.29, 0.717) is 0 Å². The summed E-state index contributed by atoms with van der Waals surface area (Å²) >= 11 is 0. The monoisotopic (exact) mass is 277 g/mol. The van der Waals surface area contributed by atoms with Crippen molar-refractivity contribution in [2.45, 2.75) is 31.7 Å². The van der Waals surface area contributed by atoms with Crippen LogP contribution in [0, 0.1) is 0 Å². The highest BCUT2D eigenvalue weighted by Gasteiger charge is 2.43. The summed E-state index contributed by atoms with van der Waals surface area (Å²) in [5, 5.41) is 8.46. The predicted octanol–water partition coefficient (Wildman–Crippen LogP) is 2.59. The van der Waals surface area contributed by atoms with E-state index in [1.54, 1.807) is 6.07 Å². The van der Waals surface area contributed by atoms with Gasteiger partial charge in [-0.1, -0.05) is 37.3 Å². The van der Waals surface area contributed by atoms with Gasteiger partial charge in [-0.25, -0.2) is 5.48 Å². The number of alkyl halides is 3. The number of amides is 1. The van der Waals surface area contributed by atoms with Crippen molar-refractivity contribution in [2.75, 3.05) is 0 Å². The van der Waals surface area contributed by atoms with Gasteiger partial charge in [0.05, 0.1) is 0 Å². The summed E-state index contributed by atoms with van der Waals surface area (Å²) in [6.07, 6.45) is -8.23. The predicted molar refractivity (Wildman–Crippen MR) is 60.3 cm³/mol. The topological polar surface area (TPSA) is 58.6 Å². The van der Waals surface area contributed by atoms with E-state index < -0.39 is 24.3 Å². The highest BCUT2D eigenvalue weighted by molar-refractivity contribution is 5.79. The van der Waals surface area contributed by atoms with Gasteiger partial charge < -0.3 is 4.74 Å². The second-order valence-corrected chi connectivity index (χ2v) is 3.84. The Morgan fingerprint density at radius 1 is 1.37 bits per heavy atom. The lowest BCUT2D eigenvalue weighted by atomic mass is 10.1. The minimum atomic E-state index is -4.65. The Hall–Kier alpha value is -1.60. The third-order valence-corrected chi connectivity index (χ3v) is 2.47. The number of nitrogens with one attached hydrogen (secondary N) is 1. The van der Waals surface area contributed by atoms with Gasteiger partial charge in [0.25, 0.3) is 5.91 Å². The van der Waals surface area contributed by atoms with Crippen molar-refractivity contribution in [3.8, 4) is 0 Å². The van der Waals surface area contributed by atoms with Crippen LogP contribution in [0.4, 0.5) is 13.2 Å². The molecule has 1 amide bonds. The summed E-state index contributed by atoms with van der Waals surface area (Å²) in [6, 6.07) is 7.01. The zero-order chi connectivity index (χ0) is 14.5. The normalized spacial score (nSPS) is 14.8. The van der Waals surface area contributed by atoms with Gasteiger partial charge in [0.2, 0.25) is 0 Å². The summed E-state index contributed by atoms with van der Waals surface area (Å²) in [7, 11) is 0. The minimum absolute atomic E-state index is 0.00576. The molecular weight excluding hydrogens is 263 g/mol. The fourth-order valence-electron chi connectivity index (χ4n) is 1.55. The largest absolute Gasteiger partial charge is 0.418 e. The van der Waals surface area contributed by atoms with Crippen molar-refractivity contribution in [3.05, 3.63) is 35.9 Å². The molecule has 7 heteroatoms. The Morgan fingerprint density at radius 3 is 2.37 bits per heavy atom. The smallest absolute Gasteiger partial charge is 0.351 e. The van der Waals surface area contributed by atoms with Gasteiger partial charge >= 0.3 is 6.18 Å². The standard InChI is InChI=1S/C12H14F3NO3/c1-2-9(11(17)16-18)19-10(12(13,14)15)8-6-4-3-5-7-8/h3-7,9-10,18H,2H2,1H3,(H,16,17). The quantitative estimate of drug-likeness (QED) is 0.642. The fourth-order valence-corrected chi connectivity index (χ4v) is 1.55. The van der Waals surface area contributed by atoms with Crippen LogP contribution >= 0.6 is 0 Å². The first kappa shape index (κ1) is 15.5. The number of carbonyl (C=O) groups excluding carboxylic acids is 1. The zero-order valence-electron chi connectivity index (χ0n) is 10.1. The Bertz CT molecular complexity index is 408. The van der Waals surface area contributed by atoms with E-state index in [0.717, 1.165) is 0 Å². The van der Waals surface area contributed by atoms with Crippen LogP contribution in [-0.4, -0.2) is 23.4 Å². The molecule has 0 bridgehead atoms. The van der Waals surface area contributed by atoms with Crippen molar-refractivity contribution in [2.24, 2.45) is 0 Å². The molecule has 0 heterocycles. The summed E-state index contributed by atoms with van der Waals surface area (Å²) in [5.74, 6) is -1.01. The summed E-state index contributed by atoms with van der Waals surface area (Å²) in [5.41, 5.74) is 1.19.